The van der Waals surface area contributed by atoms with Gasteiger partial charge in [0.25, 0.3) is 0 Å². The highest BCUT2D eigenvalue weighted by molar-refractivity contribution is 7.98. The summed E-state index contributed by atoms with van der Waals surface area (Å²) in [4.78, 5) is 13.7. The van der Waals surface area contributed by atoms with Crippen LogP contribution in [0.4, 0.5) is 4.79 Å². The maximum Gasteiger partial charge on any atom is 0.410 e. The number of carbonyl (C=O) groups excluding carboxylic acids is 1. The molecule has 0 saturated carbocycles. The van der Waals surface area contributed by atoms with Gasteiger partial charge < -0.3 is 15.0 Å². The molecule has 19 heavy (non-hydrogen) atoms. The van der Waals surface area contributed by atoms with E-state index < -0.39 is 5.60 Å². The second-order valence-corrected chi connectivity index (χ2v) is 7.18. The minimum atomic E-state index is -0.404. The van der Waals surface area contributed by atoms with Crippen molar-refractivity contribution >= 4 is 17.9 Å². The van der Waals surface area contributed by atoms with Gasteiger partial charge in [-0.05, 0) is 46.8 Å². The van der Waals surface area contributed by atoms with Crippen LogP contribution in [0.1, 0.15) is 40.5 Å². The molecule has 1 fully saturated rings. The van der Waals surface area contributed by atoms with Crippen molar-refractivity contribution in [1.82, 2.24) is 10.2 Å². The number of thioether (sulfide) groups is 1. The van der Waals surface area contributed by atoms with E-state index >= 15 is 0 Å². The maximum absolute atomic E-state index is 11.9. The SMILES string of the molecule is CSCC(C)NC1CCN(C(=O)OC(C)(C)C)CC1. The lowest BCUT2D eigenvalue weighted by molar-refractivity contribution is 0.0197. The van der Waals surface area contributed by atoms with E-state index in [4.69, 9.17) is 4.74 Å². The third-order valence-corrected chi connectivity index (χ3v) is 3.92. The summed E-state index contributed by atoms with van der Waals surface area (Å²) in [5.41, 5.74) is -0.404. The monoisotopic (exact) mass is 288 g/mol. The van der Waals surface area contributed by atoms with Crippen molar-refractivity contribution in [2.75, 3.05) is 25.1 Å². The fraction of sp³-hybridized carbons (Fsp3) is 0.929. The zero-order valence-electron chi connectivity index (χ0n) is 12.9. The predicted octanol–water partition coefficient (Wildman–Crippen LogP) is 2.73. The number of piperidine rings is 1. The highest BCUT2D eigenvalue weighted by Crippen LogP contribution is 2.16. The molecule has 1 rings (SSSR count). The van der Waals surface area contributed by atoms with Gasteiger partial charge in [0.15, 0.2) is 0 Å². The molecule has 0 aliphatic carbocycles. The van der Waals surface area contributed by atoms with Crippen LogP contribution in [0.25, 0.3) is 0 Å². The molecule has 0 radical (unpaired) electrons. The molecule has 1 aliphatic heterocycles. The van der Waals surface area contributed by atoms with Crippen molar-refractivity contribution in [1.29, 1.82) is 0 Å². The molecule has 0 spiro atoms. The van der Waals surface area contributed by atoms with Crippen LogP contribution in [0.2, 0.25) is 0 Å². The van der Waals surface area contributed by atoms with Gasteiger partial charge in [-0.3, -0.25) is 0 Å². The van der Waals surface area contributed by atoms with E-state index in [0.29, 0.717) is 12.1 Å². The minimum Gasteiger partial charge on any atom is -0.444 e. The molecular formula is C14H28N2O2S. The second kappa shape index (κ2) is 7.39. The summed E-state index contributed by atoms with van der Waals surface area (Å²) < 4.78 is 5.40. The quantitative estimate of drug-likeness (QED) is 0.863. The molecule has 1 atom stereocenters. The summed E-state index contributed by atoms with van der Waals surface area (Å²) in [7, 11) is 0. The van der Waals surface area contributed by atoms with Crippen LogP contribution >= 0.6 is 11.8 Å². The van der Waals surface area contributed by atoms with Gasteiger partial charge in [0.05, 0.1) is 0 Å². The predicted molar refractivity (Wildman–Crippen MR) is 81.8 cm³/mol. The number of hydrogen-bond donors (Lipinski definition) is 1. The molecule has 0 aromatic rings. The number of carbonyl (C=O) groups is 1. The topological polar surface area (TPSA) is 41.6 Å². The summed E-state index contributed by atoms with van der Waals surface area (Å²) in [6, 6.07) is 1.06. The van der Waals surface area contributed by atoms with E-state index in [1.165, 1.54) is 0 Å². The molecule has 5 heteroatoms. The van der Waals surface area contributed by atoms with Gasteiger partial charge >= 0.3 is 6.09 Å². The number of nitrogens with zero attached hydrogens (tertiary/aromatic N) is 1. The molecule has 1 heterocycles. The molecule has 112 valence electrons. The van der Waals surface area contributed by atoms with E-state index in [1.807, 2.05) is 37.4 Å². The molecule has 1 N–H and O–H groups in total. The Hall–Kier alpha value is -0.420. The molecule has 1 unspecified atom stereocenters. The fourth-order valence-electron chi connectivity index (χ4n) is 2.26. The van der Waals surface area contributed by atoms with Crippen molar-refractivity contribution in [3.8, 4) is 0 Å². The van der Waals surface area contributed by atoms with Gasteiger partial charge in [-0.25, -0.2) is 4.79 Å². The largest absolute Gasteiger partial charge is 0.444 e. The molecule has 1 amide bonds. The number of likely N-dealkylation sites (tertiary alicyclic amines) is 1. The van der Waals surface area contributed by atoms with E-state index in [1.54, 1.807) is 0 Å². The highest BCUT2D eigenvalue weighted by Gasteiger charge is 2.27. The normalized spacial score (nSPS) is 19.3. The lowest BCUT2D eigenvalue weighted by Gasteiger charge is -2.34. The molecule has 1 saturated heterocycles. The Morgan fingerprint density at radius 3 is 2.47 bits per heavy atom. The number of nitrogens with one attached hydrogen (secondary N) is 1. The van der Waals surface area contributed by atoms with Gasteiger partial charge in [0.2, 0.25) is 0 Å². The maximum atomic E-state index is 11.9. The van der Waals surface area contributed by atoms with E-state index in [0.717, 1.165) is 31.7 Å². The number of hydrogen-bond acceptors (Lipinski definition) is 4. The Balaban J connectivity index is 2.30. The second-order valence-electron chi connectivity index (χ2n) is 6.26. The number of ether oxygens (including phenoxy) is 1. The van der Waals surface area contributed by atoms with Crippen LogP contribution in [0.15, 0.2) is 0 Å². The standard InChI is InChI=1S/C14H28N2O2S/c1-11(10-19-5)15-12-6-8-16(9-7-12)13(17)18-14(2,3)4/h11-12,15H,6-10H2,1-5H3. The Morgan fingerprint density at radius 2 is 2.00 bits per heavy atom. The van der Waals surface area contributed by atoms with Gasteiger partial charge in [0.1, 0.15) is 5.60 Å². The van der Waals surface area contributed by atoms with Crippen molar-refractivity contribution in [2.45, 2.75) is 58.2 Å². The molecule has 4 nitrogen and oxygen atoms in total. The lowest BCUT2D eigenvalue weighted by atomic mass is 10.0. The summed E-state index contributed by atoms with van der Waals surface area (Å²) in [5, 5.41) is 3.63. The average Bonchev–Trinajstić information content (AvgIpc) is 2.27. The molecule has 1 aliphatic rings. The first-order valence-electron chi connectivity index (χ1n) is 7.04. The van der Waals surface area contributed by atoms with Crippen LogP contribution in [0.3, 0.4) is 0 Å². The fourth-order valence-corrected chi connectivity index (χ4v) is 2.85. The number of rotatable bonds is 4. The van der Waals surface area contributed by atoms with Crippen molar-refractivity contribution in [3.63, 3.8) is 0 Å². The molecular weight excluding hydrogens is 260 g/mol. The Labute approximate surface area is 121 Å². The molecule has 0 aromatic carbocycles. The molecule has 0 bridgehead atoms. The van der Waals surface area contributed by atoms with Gasteiger partial charge in [0, 0.05) is 30.9 Å². The van der Waals surface area contributed by atoms with Gasteiger partial charge in [-0.1, -0.05) is 0 Å². The lowest BCUT2D eigenvalue weighted by Crippen LogP contribution is -2.48. The van der Waals surface area contributed by atoms with Crippen LogP contribution in [0, 0.1) is 0 Å². The first kappa shape index (κ1) is 16.6. The minimum absolute atomic E-state index is 0.178. The average molecular weight is 288 g/mol. The Morgan fingerprint density at radius 1 is 1.42 bits per heavy atom. The third-order valence-electron chi connectivity index (χ3n) is 3.08. The van der Waals surface area contributed by atoms with Crippen LogP contribution in [0.5, 0.6) is 0 Å². The number of amides is 1. The van der Waals surface area contributed by atoms with Crippen LogP contribution in [-0.2, 0) is 4.74 Å². The van der Waals surface area contributed by atoms with E-state index in [9.17, 15) is 4.79 Å². The van der Waals surface area contributed by atoms with Crippen molar-refractivity contribution in [3.05, 3.63) is 0 Å². The zero-order valence-corrected chi connectivity index (χ0v) is 13.7. The van der Waals surface area contributed by atoms with Crippen LogP contribution in [-0.4, -0.2) is 53.8 Å². The van der Waals surface area contributed by atoms with Crippen LogP contribution < -0.4 is 5.32 Å². The van der Waals surface area contributed by atoms with Crippen molar-refractivity contribution in [2.24, 2.45) is 0 Å². The summed E-state index contributed by atoms with van der Waals surface area (Å²) >= 11 is 1.86. The summed E-state index contributed by atoms with van der Waals surface area (Å²) in [5.74, 6) is 1.13. The smallest absolute Gasteiger partial charge is 0.410 e. The van der Waals surface area contributed by atoms with Gasteiger partial charge in [-0.2, -0.15) is 11.8 Å². The van der Waals surface area contributed by atoms with E-state index in [2.05, 4.69) is 18.5 Å². The third kappa shape index (κ3) is 6.52. The van der Waals surface area contributed by atoms with E-state index in [-0.39, 0.29) is 6.09 Å². The summed E-state index contributed by atoms with van der Waals surface area (Å²) in [6.45, 7) is 9.52. The highest BCUT2D eigenvalue weighted by atomic mass is 32.2. The first-order valence-corrected chi connectivity index (χ1v) is 8.44. The van der Waals surface area contributed by atoms with Crippen molar-refractivity contribution < 1.29 is 9.53 Å². The zero-order chi connectivity index (χ0) is 14.5. The summed E-state index contributed by atoms with van der Waals surface area (Å²) in [6.07, 6.45) is 3.97. The van der Waals surface area contributed by atoms with Gasteiger partial charge in [-0.15, -0.1) is 0 Å². The first-order chi connectivity index (χ1) is 8.81. The Bertz CT molecular complexity index is 284. The molecule has 0 aromatic heterocycles. The Kier molecular flexibility index (Phi) is 6.47.